The molecule has 0 rings (SSSR count). The Morgan fingerprint density at radius 2 is 2.00 bits per heavy atom. The summed E-state index contributed by atoms with van der Waals surface area (Å²) >= 11 is 0. The molecule has 0 fully saturated rings. The maximum atomic E-state index is 10.3. The molecule has 0 aliphatic rings. The minimum atomic E-state index is -1.05. The quantitative estimate of drug-likeness (QED) is 0.592. The van der Waals surface area contributed by atoms with E-state index >= 15 is 0 Å². The first kappa shape index (κ1) is 11.2. The van der Waals surface area contributed by atoms with Crippen LogP contribution in [0.25, 0.3) is 0 Å². The zero-order chi connectivity index (χ0) is 9.72. The van der Waals surface area contributed by atoms with Crippen LogP contribution in [0.2, 0.25) is 0 Å². The second-order valence-corrected chi connectivity index (χ2v) is 3.16. The molecular formula is C8H16NO3. The summed E-state index contributed by atoms with van der Waals surface area (Å²) in [6.45, 7) is 5.46. The number of carbonyl (C=O) groups is 1. The van der Waals surface area contributed by atoms with Gasteiger partial charge in [0.2, 0.25) is 0 Å². The predicted octanol–water partition coefficient (Wildman–Crippen LogP) is 0.865. The molecule has 3 N–H and O–H groups in total. The van der Waals surface area contributed by atoms with Crippen LogP contribution in [0.4, 0.5) is 4.79 Å². The summed E-state index contributed by atoms with van der Waals surface area (Å²) in [6.07, 6.45) is -1.05. The van der Waals surface area contributed by atoms with Gasteiger partial charge in [0.25, 0.3) is 0 Å². The third-order valence-corrected chi connectivity index (χ3v) is 1.76. The zero-order valence-corrected chi connectivity index (χ0v) is 7.66. The molecule has 0 bridgehead atoms. The number of amides is 1. The highest BCUT2D eigenvalue weighted by molar-refractivity contribution is 5.65. The summed E-state index contributed by atoms with van der Waals surface area (Å²) in [5.74, 6) is 0.880. The van der Waals surface area contributed by atoms with Crippen LogP contribution in [-0.2, 0) is 0 Å². The van der Waals surface area contributed by atoms with Crippen LogP contribution in [0.1, 0.15) is 20.8 Å². The van der Waals surface area contributed by atoms with Gasteiger partial charge in [0.1, 0.15) is 0 Å². The molecule has 1 amide bonds. The SMILES string of the molecule is C[C](C)C(NC(=O)O)C(C)CO. The van der Waals surface area contributed by atoms with Gasteiger partial charge in [-0.25, -0.2) is 4.79 Å². The van der Waals surface area contributed by atoms with E-state index in [1.165, 1.54) is 0 Å². The second-order valence-electron chi connectivity index (χ2n) is 3.16. The third-order valence-electron chi connectivity index (χ3n) is 1.76. The van der Waals surface area contributed by atoms with E-state index in [0.29, 0.717) is 0 Å². The molecule has 0 aromatic carbocycles. The molecule has 0 spiro atoms. The molecule has 0 aromatic heterocycles. The highest BCUT2D eigenvalue weighted by Crippen LogP contribution is 2.13. The molecular weight excluding hydrogens is 158 g/mol. The van der Waals surface area contributed by atoms with Crippen molar-refractivity contribution in [1.82, 2.24) is 5.32 Å². The smallest absolute Gasteiger partial charge is 0.404 e. The lowest BCUT2D eigenvalue weighted by molar-refractivity contribution is 0.172. The fourth-order valence-corrected chi connectivity index (χ4v) is 1.09. The Labute approximate surface area is 72.6 Å². The fraction of sp³-hybridized carbons (Fsp3) is 0.750. The number of hydrogen-bond acceptors (Lipinski definition) is 2. The molecule has 71 valence electrons. The largest absolute Gasteiger partial charge is 0.465 e. The lowest BCUT2D eigenvalue weighted by Gasteiger charge is -2.25. The standard InChI is InChI=1S/C8H16NO3/c1-5(2)7(6(3)4-10)9-8(11)12/h6-7,9-10H,4H2,1-3H3,(H,11,12). The van der Waals surface area contributed by atoms with Crippen molar-refractivity contribution in [2.45, 2.75) is 26.8 Å². The minimum Gasteiger partial charge on any atom is -0.465 e. The summed E-state index contributed by atoms with van der Waals surface area (Å²) in [4.78, 5) is 10.3. The Morgan fingerprint density at radius 1 is 1.50 bits per heavy atom. The maximum Gasteiger partial charge on any atom is 0.404 e. The number of nitrogens with one attached hydrogen (secondary N) is 1. The van der Waals surface area contributed by atoms with E-state index in [-0.39, 0.29) is 18.6 Å². The molecule has 0 heterocycles. The Morgan fingerprint density at radius 3 is 2.25 bits per heavy atom. The number of aliphatic hydroxyl groups is 1. The Hall–Kier alpha value is -0.770. The Balaban J connectivity index is 4.12. The van der Waals surface area contributed by atoms with Gasteiger partial charge < -0.3 is 15.5 Å². The number of aliphatic hydroxyl groups excluding tert-OH is 1. The van der Waals surface area contributed by atoms with Gasteiger partial charge in [-0.05, 0) is 5.92 Å². The number of rotatable bonds is 4. The number of hydrogen-bond donors (Lipinski definition) is 3. The van der Waals surface area contributed by atoms with Crippen LogP contribution in [0.5, 0.6) is 0 Å². The second kappa shape index (κ2) is 4.98. The third kappa shape index (κ3) is 3.57. The van der Waals surface area contributed by atoms with Gasteiger partial charge in [-0.2, -0.15) is 0 Å². The van der Waals surface area contributed by atoms with Gasteiger partial charge in [-0.15, -0.1) is 0 Å². The van der Waals surface area contributed by atoms with E-state index in [1.54, 1.807) is 6.92 Å². The highest BCUT2D eigenvalue weighted by Gasteiger charge is 2.21. The van der Waals surface area contributed by atoms with E-state index in [2.05, 4.69) is 5.32 Å². The normalized spacial score (nSPS) is 15.8. The molecule has 4 nitrogen and oxygen atoms in total. The first-order chi connectivity index (χ1) is 5.49. The molecule has 1 radical (unpaired) electrons. The zero-order valence-electron chi connectivity index (χ0n) is 7.66. The molecule has 0 aromatic rings. The van der Waals surface area contributed by atoms with E-state index in [9.17, 15) is 4.79 Å². The van der Waals surface area contributed by atoms with Gasteiger partial charge >= 0.3 is 6.09 Å². The predicted molar refractivity (Wildman–Crippen MR) is 45.8 cm³/mol. The summed E-state index contributed by atoms with van der Waals surface area (Å²) in [6, 6.07) is -0.257. The van der Waals surface area contributed by atoms with Gasteiger partial charge in [0, 0.05) is 18.6 Å². The average Bonchev–Trinajstić information content (AvgIpc) is 1.98. The topological polar surface area (TPSA) is 69.6 Å². The van der Waals surface area contributed by atoms with Crippen molar-refractivity contribution >= 4 is 6.09 Å². The average molecular weight is 174 g/mol. The molecule has 12 heavy (non-hydrogen) atoms. The number of carboxylic acid groups (broad SMARTS) is 1. The van der Waals surface area contributed by atoms with Crippen molar-refractivity contribution < 1.29 is 15.0 Å². The summed E-state index contributed by atoms with van der Waals surface area (Å²) in [7, 11) is 0. The van der Waals surface area contributed by atoms with Gasteiger partial charge in [-0.1, -0.05) is 20.8 Å². The van der Waals surface area contributed by atoms with E-state index in [1.807, 2.05) is 13.8 Å². The fourth-order valence-electron chi connectivity index (χ4n) is 1.09. The lowest BCUT2D eigenvalue weighted by Crippen LogP contribution is -2.42. The summed E-state index contributed by atoms with van der Waals surface area (Å²) < 4.78 is 0. The molecule has 0 saturated carbocycles. The van der Waals surface area contributed by atoms with E-state index in [4.69, 9.17) is 10.2 Å². The van der Waals surface area contributed by atoms with Gasteiger partial charge in [-0.3, -0.25) is 0 Å². The monoisotopic (exact) mass is 174 g/mol. The molecule has 2 atom stereocenters. The van der Waals surface area contributed by atoms with E-state index < -0.39 is 6.09 Å². The maximum absolute atomic E-state index is 10.3. The van der Waals surface area contributed by atoms with Crippen molar-refractivity contribution in [3.63, 3.8) is 0 Å². The van der Waals surface area contributed by atoms with Crippen LogP contribution in [0, 0.1) is 11.8 Å². The van der Waals surface area contributed by atoms with Crippen molar-refractivity contribution in [3.8, 4) is 0 Å². The van der Waals surface area contributed by atoms with Crippen LogP contribution in [0.15, 0.2) is 0 Å². The highest BCUT2D eigenvalue weighted by atomic mass is 16.4. The first-order valence-corrected chi connectivity index (χ1v) is 3.89. The van der Waals surface area contributed by atoms with Crippen LogP contribution < -0.4 is 5.32 Å². The van der Waals surface area contributed by atoms with Crippen LogP contribution >= 0.6 is 0 Å². The van der Waals surface area contributed by atoms with Crippen molar-refractivity contribution in [2.24, 2.45) is 5.92 Å². The summed E-state index contributed by atoms with van der Waals surface area (Å²) in [5, 5.41) is 19.6. The summed E-state index contributed by atoms with van der Waals surface area (Å²) in [5.41, 5.74) is 0. The van der Waals surface area contributed by atoms with Crippen LogP contribution in [-0.4, -0.2) is 29.0 Å². The van der Waals surface area contributed by atoms with Gasteiger partial charge in [0.05, 0.1) is 0 Å². The minimum absolute atomic E-state index is 0.0177. The molecule has 0 aliphatic heterocycles. The van der Waals surface area contributed by atoms with Crippen LogP contribution in [0.3, 0.4) is 0 Å². The van der Waals surface area contributed by atoms with Gasteiger partial charge in [0.15, 0.2) is 0 Å². The Bertz CT molecular complexity index is 147. The van der Waals surface area contributed by atoms with Crippen molar-refractivity contribution in [1.29, 1.82) is 0 Å². The molecule has 0 aliphatic carbocycles. The molecule has 0 saturated heterocycles. The molecule has 2 unspecified atom stereocenters. The molecule has 4 heteroatoms. The van der Waals surface area contributed by atoms with Crippen molar-refractivity contribution in [3.05, 3.63) is 5.92 Å². The van der Waals surface area contributed by atoms with E-state index in [0.717, 1.165) is 5.92 Å². The van der Waals surface area contributed by atoms with Crippen molar-refractivity contribution in [2.75, 3.05) is 6.61 Å². The lowest BCUT2D eigenvalue weighted by atomic mass is 9.93. The Kier molecular flexibility index (Phi) is 4.66. The first-order valence-electron chi connectivity index (χ1n) is 3.89.